The molecule has 0 fully saturated rings. The summed E-state index contributed by atoms with van der Waals surface area (Å²) in [5, 5.41) is 0. The maximum absolute atomic E-state index is 12.2. The Balaban J connectivity index is 2.03. The molecule has 2 rings (SSSR count). The van der Waals surface area contributed by atoms with Crippen molar-refractivity contribution in [3.63, 3.8) is 0 Å². The van der Waals surface area contributed by atoms with Crippen molar-refractivity contribution in [1.82, 2.24) is 4.90 Å². The first-order chi connectivity index (χ1) is 7.04. The molecule has 0 saturated heterocycles. The normalized spacial score (nSPS) is 20.9. The molecule has 2 aliphatic rings. The van der Waals surface area contributed by atoms with Crippen LogP contribution in [0.25, 0.3) is 0 Å². The molecule has 82 valence electrons. The van der Waals surface area contributed by atoms with E-state index in [4.69, 9.17) is 0 Å². The van der Waals surface area contributed by atoms with Gasteiger partial charge in [0.2, 0.25) is 0 Å². The lowest BCUT2D eigenvalue weighted by Gasteiger charge is -2.28. The highest BCUT2D eigenvalue weighted by molar-refractivity contribution is 5.41. The Labute approximate surface area is 86.6 Å². The molecule has 0 aromatic carbocycles. The average molecular weight is 215 g/mol. The molecular formula is C11H12F3N. The van der Waals surface area contributed by atoms with Gasteiger partial charge in [-0.25, -0.2) is 0 Å². The van der Waals surface area contributed by atoms with E-state index in [0.717, 1.165) is 24.0 Å². The van der Waals surface area contributed by atoms with Crippen LogP contribution >= 0.6 is 0 Å². The van der Waals surface area contributed by atoms with Crippen LogP contribution in [-0.4, -0.2) is 24.2 Å². The third-order valence-electron chi connectivity index (χ3n) is 2.56. The maximum Gasteiger partial charge on any atom is 0.405 e. The van der Waals surface area contributed by atoms with Crippen LogP contribution in [0, 0.1) is 0 Å². The van der Waals surface area contributed by atoms with Crippen molar-refractivity contribution in [2.45, 2.75) is 19.0 Å². The molecule has 0 unspecified atom stereocenters. The lowest BCUT2D eigenvalue weighted by molar-refractivity contribution is -0.139. The lowest BCUT2D eigenvalue weighted by atomic mass is 9.95. The maximum atomic E-state index is 12.2. The Morgan fingerprint density at radius 3 is 2.80 bits per heavy atom. The van der Waals surface area contributed by atoms with Crippen LogP contribution in [0.3, 0.4) is 0 Å². The molecule has 1 nitrogen and oxygen atoms in total. The summed E-state index contributed by atoms with van der Waals surface area (Å²) in [5.74, 6) is 0. The Hall–Kier alpha value is -1.19. The minimum Gasteiger partial charge on any atom is -0.365 e. The first kappa shape index (κ1) is 10.3. The van der Waals surface area contributed by atoms with Crippen molar-refractivity contribution in [2.75, 3.05) is 13.1 Å². The monoisotopic (exact) mass is 215 g/mol. The van der Waals surface area contributed by atoms with Gasteiger partial charge in [0.15, 0.2) is 0 Å². The van der Waals surface area contributed by atoms with Crippen LogP contribution in [-0.2, 0) is 0 Å². The van der Waals surface area contributed by atoms with Gasteiger partial charge in [-0.15, -0.1) is 0 Å². The van der Waals surface area contributed by atoms with E-state index in [0.29, 0.717) is 6.54 Å². The van der Waals surface area contributed by atoms with Gasteiger partial charge in [0.25, 0.3) is 0 Å². The molecule has 0 aromatic rings. The van der Waals surface area contributed by atoms with Gasteiger partial charge in [0, 0.05) is 12.7 Å². The largest absolute Gasteiger partial charge is 0.405 e. The quantitative estimate of drug-likeness (QED) is 0.649. The van der Waals surface area contributed by atoms with E-state index in [1.807, 2.05) is 6.08 Å². The number of hydrogen-bond donors (Lipinski definition) is 0. The number of nitrogens with zero attached hydrogens (tertiary/aromatic N) is 1. The molecule has 0 amide bonds. The van der Waals surface area contributed by atoms with Crippen molar-refractivity contribution in [3.05, 3.63) is 35.6 Å². The standard InChI is InChI=1S/C11H12F3N/c12-11(13,14)8-15-6-5-9-3-1-2-4-10(9)7-15/h1,3,5-6H,2,4,7-8H2. The Morgan fingerprint density at radius 1 is 1.27 bits per heavy atom. The van der Waals surface area contributed by atoms with Gasteiger partial charge in [-0.2, -0.15) is 13.2 Å². The summed E-state index contributed by atoms with van der Waals surface area (Å²) in [7, 11) is 0. The lowest BCUT2D eigenvalue weighted by Crippen LogP contribution is -2.33. The molecule has 0 aromatic heterocycles. The van der Waals surface area contributed by atoms with E-state index >= 15 is 0 Å². The van der Waals surface area contributed by atoms with Gasteiger partial charge in [-0.05, 0) is 30.1 Å². The van der Waals surface area contributed by atoms with Crippen LogP contribution in [0.5, 0.6) is 0 Å². The fraction of sp³-hybridized carbons (Fsp3) is 0.455. The molecule has 1 aliphatic heterocycles. The first-order valence-electron chi connectivity index (χ1n) is 4.92. The van der Waals surface area contributed by atoms with Gasteiger partial charge in [0.05, 0.1) is 0 Å². The molecule has 0 saturated carbocycles. The molecule has 1 heterocycles. The minimum absolute atomic E-state index is 0.412. The summed E-state index contributed by atoms with van der Waals surface area (Å²) in [6.45, 7) is -0.445. The van der Waals surface area contributed by atoms with Gasteiger partial charge in [0.1, 0.15) is 6.54 Å². The third kappa shape index (κ3) is 2.64. The highest BCUT2D eigenvalue weighted by atomic mass is 19.4. The number of halogens is 3. The van der Waals surface area contributed by atoms with Crippen LogP contribution in [0.15, 0.2) is 35.6 Å². The van der Waals surface area contributed by atoms with Gasteiger partial charge >= 0.3 is 6.18 Å². The second kappa shape index (κ2) is 3.76. The molecule has 0 N–H and O–H groups in total. The van der Waals surface area contributed by atoms with Gasteiger partial charge in [-0.3, -0.25) is 0 Å². The predicted octanol–water partition coefficient (Wildman–Crippen LogP) is 3.02. The number of alkyl halides is 3. The molecule has 15 heavy (non-hydrogen) atoms. The van der Waals surface area contributed by atoms with Crippen molar-refractivity contribution in [1.29, 1.82) is 0 Å². The van der Waals surface area contributed by atoms with E-state index in [1.165, 1.54) is 11.1 Å². The van der Waals surface area contributed by atoms with E-state index < -0.39 is 12.7 Å². The smallest absolute Gasteiger partial charge is 0.365 e. The minimum atomic E-state index is -4.12. The summed E-state index contributed by atoms with van der Waals surface area (Å²) in [6.07, 6.45) is 5.04. The van der Waals surface area contributed by atoms with E-state index in [-0.39, 0.29) is 0 Å². The number of hydrogen-bond acceptors (Lipinski definition) is 1. The fourth-order valence-electron chi connectivity index (χ4n) is 1.90. The van der Waals surface area contributed by atoms with Crippen LogP contribution in [0.4, 0.5) is 13.2 Å². The highest BCUT2D eigenvalue weighted by Crippen LogP contribution is 2.26. The van der Waals surface area contributed by atoms with Gasteiger partial charge in [-0.1, -0.05) is 12.2 Å². The third-order valence-corrected chi connectivity index (χ3v) is 2.56. The number of rotatable bonds is 1. The Bertz CT molecular complexity index is 336. The molecule has 1 aliphatic carbocycles. The van der Waals surface area contributed by atoms with E-state index in [1.54, 1.807) is 6.08 Å². The SMILES string of the molecule is FC(F)(F)CN1C=CC2=C(CCC=C2)C1. The highest BCUT2D eigenvalue weighted by Gasteiger charge is 2.30. The van der Waals surface area contributed by atoms with E-state index in [2.05, 4.69) is 6.08 Å². The fourth-order valence-corrected chi connectivity index (χ4v) is 1.90. The van der Waals surface area contributed by atoms with Gasteiger partial charge < -0.3 is 4.90 Å². The molecule has 0 atom stereocenters. The molecule has 4 heteroatoms. The van der Waals surface area contributed by atoms with Crippen molar-refractivity contribution >= 4 is 0 Å². The second-order valence-electron chi connectivity index (χ2n) is 3.84. The van der Waals surface area contributed by atoms with Crippen molar-refractivity contribution < 1.29 is 13.2 Å². The Kier molecular flexibility index (Phi) is 2.59. The van der Waals surface area contributed by atoms with E-state index in [9.17, 15) is 13.2 Å². The molecular weight excluding hydrogens is 203 g/mol. The summed E-state index contributed by atoms with van der Waals surface area (Å²) < 4.78 is 36.5. The van der Waals surface area contributed by atoms with Crippen molar-refractivity contribution in [3.8, 4) is 0 Å². The zero-order valence-electron chi connectivity index (χ0n) is 8.22. The zero-order valence-corrected chi connectivity index (χ0v) is 8.22. The topological polar surface area (TPSA) is 3.24 Å². The molecule has 0 bridgehead atoms. The zero-order chi connectivity index (χ0) is 10.9. The summed E-state index contributed by atoms with van der Waals surface area (Å²) in [6, 6.07) is 0. The Morgan fingerprint density at radius 2 is 2.07 bits per heavy atom. The summed E-state index contributed by atoms with van der Waals surface area (Å²) >= 11 is 0. The van der Waals surface area contributed by atoms with Crippen LogP contribution in [0.1, 0.15) is 12.8 Å². The summed E-state index contributed by atoms with van der Waals surface area (Å²) in [5.41, 5.74) is 2.20. The molecule has 0 spiro atoms. The average Bonchev–Trinajstić information content (AvgIpc) is 2.15. The van der Waals surface area contributed by atoms with Crippen LogP contribution < -0.4 is 0 Å². The molecule has 0 radical (unpaired) electrons. The predicted molar refractivity (Wildman–Crippen MR) is 52.2 cm³/mol. The van der Waals surface area contributed by atoms with Crippen LogP contribution in [0.2, 0.25) is 0 Å². The number of allylic oxidation sites excluding steroid dienone is 4. The first-order valence-corrected chi connectivity index (χ1v) is 4.92. The second-order valence-corrected chi connectivity index (χ2v) is 3.84. The summed E-state index contributed by atoms with van der Waals surface area (Å²) in [4.78, 5) is 1.32. The van der Waals surface area contributed by atoms with Crippen molar-refractivity contribution in [2.24, 2.45) is 0 Å².